The van der Waals surface area contributed by atoms with Crippen LogP contribution in [-0.4, -0.2) is 19.4 Å². The molecule has 0 atom stereocenters. The zero-order valence-corrected chi connectivity index (χ0v) is 14.9. The maximum absolute atomic E-state index is 4.95. The van der Waals surface area contributed by atoms with Gasteiger partial charge in [0, 0.05) is 23.2 Å². The van der Waals surface area contributed by atoms with E-state index in [1.54, 1.807) is 6.20 Å². The maximum Gasteiger partial charge on any atom is 0.178 e. The Balaban J connectivity index is 1.79. The van der Waals surface area contributed by atoms with E-state index in [0.29, 0.717) is 0 Å². The average molecular weight is 358 g/mol. The summed E-state index contributed by atoms with van der Waals surface area (Å²) >= 11 is 0. The normalized spacial score (nSPS) is 12.9. The minimum atomic E-state index is 0.759. The van der Waals surface area contributed by atoms with Crippen LogP contribution in [-0.2, 0) is 6.42 Å². The number of rotatable bonds is 0. The van der Waals surface area contributed by atoms with Crippen molar-refractivity contribution >= 4 is 38.6 Å². The smallest absolute Gasteiger partial charge is 0.178 e. The van der Waals surface area contributed by atoms with Crippen molar-refractivity contribution in [2.45, 2.75) is 6.42 Å². The molecule has 4 heteroatoms. The number of aromatic nitrogens is 4. The lowest BCUT2D eigenvalue weighted by Gasteiger charge is -2.11. The fourth-order valence-electron chi connectivity index (χ4n) is 4.77. The molecule has 130 valence electrons. The van der Waals surface area contributed by atoms with Crippen LogP contribution in [0.1, 0.15) is 11.1 Å². The molecule has 0 aliphatic heterocycles. The van der Waals surface area contributed by atoms with E-state index in [1.807, 2.05) is 18.3 Å². The molecular weight excluding hydrogens is 344 g/mol. The Hall–Kier alpha value is -3.79. The lowest BCUT2D eigenvalue weighted by Crippen LogP contribution is -1.96. The number of fused-ring (bicyclic) bond motifs is 12. The number of benzene rings is 2. The summed E-state index contributed by atoms with van der Waals surface area (Å²) in [4.78, 5) is 14.2. The van der Waals surface area contributed by atoms with Crippen molar-refractivity contribution in [2.75, 3.05) is 0 Å². The first-order valence-corrected chi connectivity index (χ1v) is 9.44. The van der Waals surface area contributed by atoms with Crippen molar-refractivity contribution < 1.29 is 0 Å². The molecule has 0 unspecified atom stereocenters. The molecule has 0 spiro atoms. The minimum Gasteiger partial charge on any atom is -0.274 e. The van der Waals surface area contributed by atoms with Gasteiger partial charge in [-0.05, 0) is 58.3 Å². The third-order valence-electron chi connectivity index (χ3n) is 5.93. The zero-order valence-electron chi connectivity index (χ0n) is 14.9. The van der Waals surface area contributed by atoms with Crippen LogP contribution in [0.25, 0.3) is 49.7 Å². The Morgan fingerprint density at radius 2 is 1.61 bits per heavy atom. The van der Waals surface area contributed by atoms with Crippen molar-refractivity contribution in [1.82, 2.24) is 19.4 Å². The molecule has 4 nitrogen and oxygen atoms in total. The van der Waals surface area contributed by atoms with Gasteiger partial charge in [0.15, 0.2) is 5.65 Å². The first-order valence-electron chi connectivity index (χ1n) is 9.44. The molecule has 2 aromatic carbocycles. The second-order valence-corrected chi connectivity index (χ2v) is 7.34. The van der Waals surface area contributed by atoms with Crippen LogP contribution in [0.5, 0.6) is 0 Å². The summed E-state index contributed by atoms with van der Waals surface area (Å²) in [6, 6.07) is 21.4. The van der Waals surface area contributed by atoms with E-state index in [2.05, 4.69) is 57.9 Å². The molecule has 0 amide bonds. The summed E-state index contributed by atoms with van der Waals surface area (Å²) in [5, 5.41) is 3.57. The SMILES string of the molecule is c1ccc2c(c1)Cc1c-2ccc2c3cccnc3n3c4cccnc4nc3c12. The molecule has 0 radical (unpaired) electrons. The molecule has 28 heavy (non-hydrogen) atoms. The first kappa shape index (κ1) is 14.3. The van der Waals surface area contributed by atoms with Crippen molar-refractivity contribution in [2.24, 2.45) is 0 Å². The van der Waals surface area contributed by atoms with Gasteiger partial charge in [0.05, 0.1) is 5.52 Å². The van der Waals surface area contributed by atoms with Gasteiger partial charge in [-0.2, -0.15) is 0 Å². The Morgan fingerprint density at radius 1 is 0.714 bits per heavy atom. The van der Waals surface area contributed by atoms with Gasteiger partial charge in [-0.3, -0.25) is 4.40 Å². The number of pyridine rings is 3. The second-order valence-electron chi connectivity index (χ2n) is 7.34. The summed E-state index contributed by atoms with van der Waals surface area (Å²) in [6.45, 7) is 0. The fourth-order valence-corrected chi connectivity index (χ4v) is 4.77. The topological polar surface area (TPSA) is 43.1 Å². The summed E-state index contributed by atoms with van der Waals surface area (Å²) in [5.74, 6) is 0. The monoisotopic (exact) mass is 358 g/mol. The largest absolute Gasteiger partial charge is 0.274 e. The van der Waals surface area contributed by atoms with Gasteiger partial charge in [0.2, 0.25) is 0 Å². The van der Waals surface area contributed by atoms with Gasteiger partial charge in [-0.1, -0.05) is 36.4 Å². The highest BCUT2D eigenvalue weighted by Gasteiger charge is 2.24. The molecule has 0 saturated heterocycles. The Morgan fingerprint density at radius 3 is 2.61 bits per heavy atom. The van der Waals surface area contributed by atoms with Crippen LogP contribution in [0.2, 0.25) is 0 Å². The molecule has 1 aliphatic carbocycles. The van der Waals surface area contributed by atoms with Crippen molar-refractivity contribution in [3.63, 3.8) is 0 Å². The zero-order chi connectivity index (χ0) is 18.2. The predicted molar refractivity (Wildman–Crippen MR) is 112 cm³/mol. The first-order chi connectivity index (χ1) is 13.9. The molecular formula is C24H14N4. The van der Waals surface area contributed by atoms with Crippen LogP contribution >= 0.6 is 0 Å². The molecule has 0 N–H and O–H groups in total. The van der Waals surface area contributed by atoms with Gasteiger partial charge in [0.25, 0.3) is 0 Å². The predicted octanol–water partition coefficient (Wildman–Crippen LogP) is 5.16. The molecule has 7 rings (SSSR count). The van der Waals surface area contributed by atoms with E-state index >= 15 is 0 Å². The van der Waals surface area contributed by atoms with Gasteiger partial charge in [-0.25, -0.2) is 15.0 Å². The number of nitrogens with zero attached hydrogens (tertiary/aromatic N) is 4. The fraction of sp³-hybridized carbons (Fsp3) is 0.0417. The van der Waals surface area contributed by atoms with E-state index in [4.69, 9.17) is 9.97 Å². The third-order valence-corrected chi connectivity index (χ3v) is 5.93. The molecule has 1 aliphatic rings. The summed E-state index contributed by atoms with van der Waals surface area (Å²) < 4.78 is 2.17. The quantitative estimate of drug-likeness (QED) is 0.352. The highest BCUT2D eigenvalue weighted by atomic mass is 15.1. The Labute approximate surface area is 160 Å². The van der Waals surface area contributed by atoms with Crippen LogP contribution in [0.3, 0.4) is 0 Å². The highest BCUT2D eigenvalue weighted by molar-refractivity contribution is 6.15. The minimum absolute atomic E-state index is 0.759. The number of hydrogen-bond acceptors (Lipinski definition) is 3. The lowest BCUT2D eigenvalue weighted by atomic mass is 9.98. The Kier molecular flexibility index (Phi) is 2.51. The number of imidazole rings is 1. The molecule has 4 aromatic heterocycles. The highest BCUT2D eigenvalue weighted by Crippen LogP contribution is 2.43. The third kappa shape index (κ3) is 1.63. The number of hydrogen-bond donors (Lipinski definition) is 0. The van der Waals surface area contributed by atoms with E-state index < -0.39 is 0 Å². The van der Waals surface area contributed by atoms with Gasteiger partial charge in [-0.15, -0.1) is 0 Å². The summed E-state index contributed by atoms with van der Waals surface area (Å²) in [7, 11) is 0. The molecule has 4 heterocycles. The summed E-state index contributed by atoms with van der Waals surface area (Å²) in [6.07, 6.45) is 4.58. The molecule has 0 saturated carbocycles. The van der Waals surface area contributed by atoms with Gasteiger partial charge in [0.1, 0.15) is 11.3 Å². The average Bonchev–Trinajstić information content (AvgIpc) is 3.32. The van der Waals surface area contributed by atoms with Crippen LogP contribution in [0.4, 0.5) is 0 Å². The van der Waals surface area contributed by atoms with Crippen molar-refractivity contribution in [3.8, 4) is 11.1 Å². The van der Waals surface area contributed by atoms with Gasteiger partial charge < -0.3 is 0 Å². The standard InChI is InChI=1S/C24H14N4/c1-2-6-15-14(5-1)13-19-16(15)9-10-17-18-7-3-12-26-23(18)28-20-8-4-11-25-22(20)27-24(28)21(17)19/h1-12H,13H2. The molecule has 0 fully saturated rings. The van der Waals surface area contributed by atoms with E-state index in [0.717, 1.165) is 34.3 Å². The van der Waals surface area contributed by atoms with Crippen LogP contribution < -0.4 is 0 Å². The molecule has 0 bridgehead atoms. The van der Waals surface area contributed by atoms with Crippen molar-refractivity contribution in [3.05, 3.63) is 84.2 Å². The van der Waals surface area contributed by atoms with E-state index in [9.17, 15) is 0 Å². The Bertz CT molecular complexity index is 1590. The van der Waals surface area contributed by atoms with Gasteiger partial charge >= 0.3 is 0 Å². The second kappa shape index (κ2) is 4.93. The maximum atomic E-state index is 4.95. The van der Waals surface area contributed by atoms with Crippen LogP contribution in [0, 0.1) is 0 Å². The van der Waals surface area contributed by atoms with E-state index in [1.165, 1.54) is 33.0 Å². The summed E-state index contributed by atoms with van der Waals surface area (Å²) in [5.41, 5.74) is 9.00. The lowest BCUT2D eigenvalue weighted by molar-refractivity contribution is 1.22. The van der Waals surface area contributed by atoms with Crippen LogP contribution in [0.15, 0.2) is 73.1 Å². The van der Waals surface area contributed by atoms with E-state index in [-0.39, 0.29) is 0 Å². The van der Waals surface area contributed by atoms with Crippen molar-refractivity contribution in [1.29, 1.82) is 0 Å². The molecule has 6 aromatic rings.